The van der Waals surface area contributed by atoms with Gasteiger partial charge in [0.05, 0.1) is 18.0 Å². The Hall–Kier alpha value is -3.46. The molecule has 0 fully saturated rings. The summed E-state index contributed by atoms with van der Waals surface area (Å²) in [5, 5.41) is 0.854. The fourth-order valence-corrected chi connectivity index (χ4v) is 4.88. The highest BCUT2D eigenvalue weighted by Crippen LogP contribution is 2.43. The van der Waals surface area contributed by atoms with Gasteiger partial charge in [-0.05, 0) is 29.3 Å². The van der Waals surface area contributed by atoms with Crippen molar-refractivity contribution in [1.82, 2.24) is 19.5 Å². The highest BCUT2D eigenvalue weighted by molar-refractivity contribution is 7.89. The van der Waals surface area contributed by atoms with E-state index < -0.39 is 9.84 Å². The molecule has 0 saturated carbocycles. The fourth-order valence-electron chi connectivity index (χ4n) is 4.09. The molecule has 1 aromatic carbocycles. The molecule has 1 N–H and O–H groups in total. The van der Waals surface area contributed by atoms with Crippen molar-refractivity contribution < 1.29 is 8.42 Å². The van der Waals surface area contributed by atoms with Crippen molar-refractivity contribution in [3.8, 4) is 11.1 Å². The molecule has 0 saturated heterocycles. The van der Waals surface area contributed by atoms with Gasteiger partial charge in [-0.15, -0.1) is 0 Å². The second kappa shape index (κ2) is 6.53. The summed E-state index contributed by atoms with van der Waals surface area (Å²) in [7, 11) is -1.48. The van der Waals surface area contributed by atoms with E-state index in [2.05, 4.69) is 15.0 Å². The summed E-state index contributed by atoms with van der Waals surface area (Å²) >= 11 is 0. The van der Waals surface area contributed by atoms with E-state index in [1.807, 2.05) is 41.6 Å². The smallest absolute Gasteiger partial charge is 0.274 e. The predicted octanol–water partition coefficient (Wildman–Crippen LogP) is 2.52. The predicted molar refractivity (Wildman–Crippen MR) is 115 cm³/mol. The first-order chi connectivity index (χ1) is 14.3. The van der Waals surface area contributed by atoms with Gasteiger partial charge in [0, 0.05) is 48.4 Å². The molecule has 152 valence electrons. The van der Waals surface area contributed by atoms with E-state index in [0.717, 1.165) is 33.6 Å². The van der Waals surface area contributed by atoms with Crippen LogP contribution >= 0.6 is 0 Å². The molecule has 4 heterocycles. The molecule has 8 nitrogen and oxygen atoms in total. The van der Waals surface area contributed by atoms with Gasteiger partial charge in [0.1, 0.15) is 17.7 Å². The summed E-state index contributed by atoms with van der Waals surface area (Å²) in [5.41, 5.74) is 4.72. The lowest BCUT2D eigenvalue weighted by Gasteiger charge is -2.24. The van der Waals surface area contributed by atoms with Crippen LogP contribution in [0.3, 0.4) is 0 Å². The van der Waals surface area contributed by atoms with Crippen LogP contribution in [-0.2, 0) is 29.2 Å². The number of sulfone groups is 1. The number of nitrogens with zero attached hydrogens (tertiary/aromatic N) is 4. The van der Waals surface area contributed by atoms with E-state index in [1.165, 1.54) is 12.6 Å². The largest absolute Gasteiger partial charge is 0.356 e. The van der Waals surface area contributed by atoms with Crippen molar-refractivity contribution in [1.29, 1.82) is 0 Å². The lowest BCUT2D eigenvalue weighted by atomic mass is 9.99. The molecule has 4 aromatic rings. The second-order valence-electron chi connectivity index (χ2n) is 7.60. The first kappa shape index (κ1) is 18.6. The van der Waals surface area contributed by atoms with Crippen LogP contribution in [0.15, 0.2) is 54.0 Å². The van der Waals surface area contributed by atoms with Gasteiger partial charge in [-0.25, -0.2) is 18.4 Å². The van der Waals surface area contributed by atoms with Crippen molar-refractivity contribution in [2.24, 2.45) is 7.05 Å². The average Bonchev–Trinajstić information content (AvgIpc) is 3.07. The number of H-pyrrole nitrogens is 1. The standard InChI is InChI=1S/C21H19N5O3S/c1-25-10-16-15-7-13(11-30(2,28)29)3-4-17(15)26(18-5-6-22-12-24-18)9-14-8-23-20(19(14)16)21(25)27/h3-8,10,12,23H,9,11H2,1-2H3. The van der Waals surface area contributed by atoms with E-state index >= 15 is 0 Å². The molecule has 3 aromatic heterocycles. The highest BCUT2D eigenvalue weighted by atomic mass is 32.2. The second-order valence-corrected chi connectivity index (χ2v) is 9.74. The Morgan fingerprint density at radius 3 is 2.77 bits per heavy atom. The van der Waals surface area contributed by atoms with Crippen molar-refractivity contribution in [2.75, 3.05) is 11.2 Å². The molecular weight excluding hydrogens is 402 g/mol. The van der Waals surface area contributed by atoms with Crippen LogP contribution in [0.5, 0.6) is 0 Å². The van der Waals surface area contributed by atoms with Gasteiger partial charge in [-0.3, -0.25) is 4.79 Å². The molecule has 30 heavy (non-hydrogen) atoms. The number of hydrogen-bond donors (Lipinski definition) is 1. The first-order valence-electron chi connectivity index (χ1n) is 9.36. The lowest BCUT2D eigenvalue weighted by Crippen LogP contribution is -2.17. The van der Waals surface area contributed by atoms with Crippen molar-refractivity contribution >= 4 is 32.2 Å². The summed E-state index contributed by atoms with van der Waals surface area (Å²) < 4.78 is 25.3. The highest BCUT2D eigenvalue weighted by Gasteiger charge is 2.26. The lowest BCUT2D eigenvalue weighted by molar-refractivity contribution is 0.601. The van der Waals surface area contributed by atoms with Crippen LogP contribution in [0, 0.1) is 0 Å². The molecule has 0 spiro atoms. The van der Waals surface area contributed by atoms with Crippen LogP contribution < -0.4 is 10.5 Å². The van der Waals surface area contributed by atoms with E-state index in [9.17, 15) is 13.2 Å². The average molecular weight is 421 g/mol. The maximum Gasteiger partial charge on any atom is 0.274 e. The van der Waals surface area contributed by atoms with Gasteiger partial charge in [-0.1, -0.05) is 6.07 Å². The third kappa shape index (κ3) is 2.98. The van der Waals surface area contributed by atoms with E-state index in [1.54, 1.807) is 17.8 Å². The number of rotatable bonds is 3. The third-order valence-electron chi connectivity index (χ3n) is 5.33. The zero-order valence-electron chi connectivity index (χ0n) is 16.5. The number of pyridine rings is 1. The quantitative estimate of drug-likeness (QED) is 0.546. The number of aryl methyl sites for hydroxylation is 1. The molecule has 0 atom stereocenters. The number of aromatic nitrogens is 4. The third-order valence-corrected chi connectivity index (χ3v) is 6.19. The van der Waals surface area contributed by atoms with Gasteiger partial charge >= 0.3 is 0 Å². The van der Waals surface area contributed by atoms with Crippen molar-refractivity contribution in [3.63, 3.8) is 0 Å². The van der Waals surface area contributed by atoms with Crippen LogP contribution in [0.4, 0.5) is 11.5 Å². The van der Waals surface area contributed by atoms with Crippen LogP contribution in [-0.4, -0.2) is 34.2 Å². The van der Waals surface area contributed by atoms with Crippen LogP contribution in [0.1, 0.15) is 11.1 Å². The Labute approximate surface area is 172 Å². The molecule has 0 aliphatic carbocycles. The minimum Gasteiger partial charge on any atom is -0.356 e. The molecule has 1 aliphatic rings. The Morgan fingerprint density at radius 1 is 1.20 bits per heavy atom. The number of nitrogens with one attached hydrogen (secondary N) is 1. The summed E-state index contributed by atoms with van der Waals surface area (Å²) in [6, 6.07) is 7.47. The monoisotopic (exact) mass is 421 g/mol. The molecule has 0 radical (unpaired) electrons. The zero-order valence-corrected chi connectivity index (χ0v) is 17.3. The number of benzene rings is 1. The van der Waals surface area contributed by atoms with Gasteiger partial charge < -0.3 is 14.5 Å². The maximum atomic E-state index is 12.7. The number of fused-ring (bicyclic) bond motifs is 2. The molecule has 9 heteroatoms. The number of anilines is 2. The van der Waals surface area contributed by atoms with Gasteiger partial charge in [0.25, 0.3) is 5.56 Å². The number of aromatic amines is 1. The SMILES string of the molecule is Cn1cc2c3c(c[nH]c3c1=O)CN(c1ccncn1)c1ccc(CS(C)(=O)=O)cc1-2. The van der Waals surface area contributed by atoms with E-state index in [-0.39, 0.29) is 11.3 Å². The van der Waals surface area contributed by atoms with Crippen LogP contribution in [0.25, 0.3) is 22.0 Å². The fraction of sp³-hybridized carbons (Fsp3) is 0.190. The Balaban J connectivity index is 1.84. The minimum absolute atomic E-state index is 0.0529. The van der Waals surface area contributed by atoms with E-state index in [0.29, 0.717) is 17.6 Å². The topological polar surface area (TPSA) is 101 Å². The molecule has 1 aliphatic heterocycles. The summed E-state index contributed by atoms with van der Waals surface area (Å²) in [4.78, 5) is 26.3. The Kier molecular flexibility index (Phi) is 4.04. The summed E-state index contributed by atoms with van der Waals surface area (Å²) in [6.07, 6.45) is 8.07. The van der Waals surface area contributed by atoms with Crippen LogP contribution in [0.2, 0.25) is 0 Å². The Bertz CT molecular complexity index is 1460. The van der Waals surface area contributed by atoms with Crippen molar-refractivity contribution in [3.05, 3.63) is 70.7 Å². The summed E-state index contributed by atoms with van der Waals surface area (Å²) in [6.45, 7) is 0.510. The molecule has 0 bridgehead atoms. The molecule has 5 rings (SSSR count). The van der Waals surface area contributed by atoms with Crippen molar-refractivity contribution in [2.45, 2.75) is 12.3 Å². The maximum absolute atomic E-state index is 12.7. The molecular formula is C21H19N5O3S. The first-order valence-corrected chi connectivity index (χ1v) is 11.4. The molecule has 0 unspecified atom stereocenters. The normalized spacial score (nSPS) is 13.3. The minimum atomic E-state index is -3.19. The molecule has 0 amide bonds. The zero-order chi connectivity index (χ0) is 21.0. The van der Waals surface area contributed by atoms with Gasteiger partial charge in [0.2, 0.25) is 0 Å². The number of hydrogen-bond acceptors (Lipinski definition) is 6. The van der Waals surface area contributed by atoms with Gasteiger partial charge in [-0.2, -0.15) is 0 Å². The Morgan fingerprint density at radius 2 is 2.03 bits per heavy atom. The van der Waals surface area contributed by atoms with Gasteiger partial charge in [0.15, 0.2) is 9.84 Å². The van der Waals surface area contributed by atoms with E-state index in [4.69, 9.17) is 0 Å². The summed E-state index contributed by atoms with van der Waals surface area (Å²) in [5.74, 6) is 0.666.